The van der Waals surface area contributed by atoms with Gasteiger partial charge in [-0.1, -0.05) is 25.5 Å². The standard InChI is InChI=1S/C16H22N2O3/c1-3-8-15(2,14(20)21)18-13(19)16(9-10-16)11-4-6-12(17)7-5-11/h4-7H,3,8-10,17H2,1-2H3,(H,18,19)(H,20,21). The Bertz CT molecular complexity index is 549. The van der Waals surface area contributed by atoms with Crippen molar-refractivity contribution < 1.29 is 14.7 Å². The topological polar surface area (TPSA) is 92.4 Å². The van der Waals surface area contributed by atoms with E-state index in [1.165, 1.54) is 0 Å². The van der Waals surface area contributed by atoms with E-state index in [0.717, 1.165) is 18.4 Å². The molecule has 1 amide bonds. The maximum absolute atomic E-state index is 12.6. The Morgan fingerprint density at radius 1 is 1.33 bits per heavy atom. The summed E-state index contributed by atoms with van der Waals surface area (Å²) < 4.78 is 0. The molecule has 0 bridgehead atoms. The third kappa shape index (κ3) is 2.86. The first-order valence-electron chi connectivity index (χ1n) is 7.26. The van der Waals surface area contributed by atoms with Gasteiger partial charge in [-0.15, -0.1) is 0 Å². The third-order valence-corrected chi connectivity index (χ3v) is 4.26. The molecule has 0 saturated heterocycles. The number of nitrogen functional groups attached to an aromatic ring is 1. The first kappa shape index (κ1) is 15.4. The van der Waals surface area contributed by atoms with Crippen molar-refractivity contribution in [2.45, 2.75) is 50.5 Å². The molecule has 114 valence electrons. The van der Waals surface area contributed by atoms with Gasteiger partial charge in [0, 0.05) is 5.69 Å². The minimum atomic E-state index is -1.21. The molecule has 2 rings (SSSR count). The lowest BCUT2D eigenvalue weighted by molar-refractivity contribution is -0.147. The maximum atomic E-state index is 12.6. The summed E-state index contributed by atoms with van der Waals surface area (Å²) in [6.07, 6.45) is 2.58. The van der Waals surface area contributed by atoms with Crippen LogP contribution in [0.5, 0.6) is 0 Å². The van der Waals surface area contributed by atoms with Gasteiger partial charge in [-0.3, -0.25) is 4.79 Å². The molecule has 5 nitrogen and oxygen atoms in total. The van der Waals surface area contributed by atoms with E-state index in [1.807, 2.05) is 19.1 Å². The highest BCUT2D eigenvalue weighted by Gasteiger charge is 2.53. The molecule has 0 aromatic heterocycles. The summed E-state index contributed by atoms with van der Waals surface area (Å²) in [5, 5.41) is 12.1. The van der Waals surface area contributed by atoms with Gasteiger partial charge in [0.1, 0.15) is 5.54 Å². The molecule has 21 heavy (non-hydrogen) atoms. The number of carboxylic acids is 1. The minimum absolute atomic E-state index is 0.203. The lowest BCUT2D eigenvalue weighted by atomic mass is 9.91. The molecular weight excluding hydrogens is 268 g/mol. The monoisotopic (exact) mass is 290 g/mol. The molecule has 0 radical (unpaired) electrons. The molecular formula is C16H22N2O3. The molecule has 4 N–H and O–H groups in total. The van der Waals surface area contributed by atoms with Gasteiger partial charge in [0.15, 0.2) is 0 Å². The number of hydrogen-bond donors (Lipinski definition) is 3. The van der Waals surface area contributed by atoms with Crippen molar-refractivity contribution in [3.05, 3.63) is 29.8 Å². The van der Waals surface area contributed by atoms with Crippen LogP contribution < -0.4 is 11.1 Å². The number of rotatable bonds is 6. The van der Waals surface area contributed by atoms with Crippen molar-refractivity contribution in [1.82, 2.24) is 5.32 Å². The predicted octanol–water partition coefficient (Wildman–Crippen LogP) is 2.06. The fraction of sp³-hybridized carbons (Fsp3) is 0.500. The lowest BCUT2D eigenvalue weighted by Crippen LogP contribution is -2.54. The van der Waals surface area contributed by atoms with Gasteiger partial charge in [-0.25, -0.2) is 4.79 Å². The molecule has 5 heteroatoms. The van der Waals surface area contributed by atoms with Crippen LogP contribution >= 0.6 is 0 Å². The predicted molar refractivity (Wildman–Crippen MR) is 80.9 cm³/mol. The number of benzene rings is 1. The Labute approximate surface area is 124 Å². The summed E-state index contributed by atoms with van der Waals surface area (Å²) >= 11 is 0. The Morgan fingerprint density at radius 2 is 1.90 bits per heavy atom. The highest BCUT2D eigenvalue weighted by Crippen LogP contribution is 2.48. The second kappa shape index (κ2) is 5.39. The number of carbonyl (C=O) groups excluding carboxylic acids is 1. The molecule has 1 aromatic carbocycles. The smallest absolute Gasteiger partial charge is 0.329 e. The fourth-order valence-corrected chi connectivity index (χ4v) is 2.67. The van der Waals surface area contributed by atoms with E-state index in [9.17, 15) is 14.7 Å². The van der Waals surface area contributed by atoms with E-state index in [4.69, 9.17) is 5.73 Å². The molecule has 0 heterocycles. The molecule has 1 atom stereocenters. The van der Waals surface area contributed by atoms with E-state index in [0.29, 0.717) is 18.5 Å². The molecule has 1 aromatic rings. The van der Waals surface area contributed by atoms with Crippen molar-refractivity contribution in [1.29, 1.82) is 0 Å². The largest absolute Gasteiger partial charge is 0.480 e. The Balaban J connectivity index is 2.19. The van der Waals surface area contributed by atoms with Gasteiger partial charge >= 0.3 is 5.97 Å². The number of carbonyl (C=O) groups is 2. The molecule has 0 spiro atoms. The summed E-state index contributed by atoms with van der Waals surface area (Å²) in [4.78, 5) is 24.0. The number of amides is 1. The van der Waals surface area contributed by atoms with Crippen molar-refractivity contribution in [3.8, 4) is 0 Å². The summed E-state index contributed by atoms with van der Waals surface area (Å²) in [6.45, 7) is 3.47. The summed E-state index contributed by atoms with van der Waals surface area (Å²) in [6, 6.07) is 7.23. The van der Waals surface area contributed by atoms with Crippen LogP contribution in [0.15, 0.2) is 24.3 Å². The molecule has 1 saturated carbocycles. The number of anilines is 1. The zero-order valence-electron chi connectivity index (χ0n) is 12.5. The molecule has 0 aliphatic heterocycles. The van der Waals surface area contributed by atoms with Gasteiger partial charge in [-0.05, 0) is 43.9 Å². The second-order valence-corrected chi connectivity index (χ2v) is 6.05. The van der Waals surface area contributed by atoms with Gasteiger partial charge in [0.2, 0.25) is 5.91 Å². The summed E-state index contributed by atoms with van der Waals surface area (Å²) in [5.74, 6) is -1.20. The maximum Gasteiger partial charge on any atom is 0.329 e. The highest BCUT2D eigenvalue weighted by molar-refractivity contribution is 5.95. The van der Waals surface area contributed by atoms with E-state index < -0.39 is 16.9 Å². The van der Waals surface area contributed by atoms with Crippen LogP contribution in [-0.2, 0) is 15.0 Å². The van der Waals surface area contributed by atoms with E-state index in [1.54, 1.807) is 19.1 Å². The van der Waals surface area contributed by atoms with Crippen LogP contribution in [-0.4, -0.2) is 22.5 Å². The van der Waals surface area contributed by atoms with Crippen molar-refractivity contribution in [2.75, 3.05) is 5.73 Å². The van der Waals surface area contributed by atoms with E-state index in [2.05, 4.69) is 5.32 Å². The van der Waals surface area contributed by atoms with Crippen LogP contribution in [0, 0.1) is 0 Å². The lowest BCUT2D eigenvalue weighted by Gasteiger charge is -2.28. The zero-order chi connectivity index (χ0) is 15.7. The van der Waals surface area contributed by atoms with Gasteiger partial charge < -0.3 is 16.2 Å². The number of nitrogens with one attached hydrogen (secondary N) is 1. The number of nitrogens with two attached hydrogens (primary N) is 1. The van der Waals surface area contributed by atoms with E-state index >= 15 is 0 Å². The number of hydrogen-bond acceptors (Lipinski definition) is 3. The average molecular weight is 290 g/mol. The molecule has 1 aliphatic carbocycles. The van der Waals surface area contributed by atoms with Crippen LogP contribution in [0.2, 0.25) is 0 Å². The van der Waals surface area contributed by atoms with Crippen LogP contribution in [0.3, 0.4) is 0 Å². The molecule has 1 unspecified atom stereocenters. The molecule has 1 aliphatic rings. The van der Waals surface area contributed by atoms with Crippen LogP contribution in [0.4, 0.5) is 5.69 Å². The van der Waals surface area contributed by atoms with E-state index in [-0.39, 0.29) is 5.91 Å². The van der Waals surface area contributed by atoms with Gasteiger partial charge in [0.25, 0.3) is 0 Å². The number of carboxylic acid groups (broad SMARTS) is 1. The second-order valence-electron chi connectivity index (χ2n) is 6.05. The number of aliphatic carboxylic acids is 1. The van der Waals surface area contributed by atoms with Crippen molar-refractivity contribution >= 4 is 17.6 Å². The van der Waals surface area contributed by atoms with Crippen LogP contribution in [0.1, 0.15) is 45.1 Å². The van der Waals surface area contributed by atoms with Crippen molar-refractivity contribution in [3.63, 3.8) is 0 Å². The Kier molecular flexibility index (Phi) is 3.94. The summed E-state index contributed by atoms with van der Waals surface area (Å²) in [7, 11) is 0. The van der Waals surface area contributed by atoms with Gasteiger partial charge in [0.05, 0.1) is 5.41 Å². The van der Waals surface area contributed by atoms with Gasteiger partial charge in [-0.2, -0.15) is 0 Å². The SMILES string of the molecule is CCCC(C)(NC(=O)C1(c2ccc(N)cc2)CC1)C(=O)O. The average Bonchev–Trinajstić information content (AvgIpc) is 3.21. The highest BCUT2D eigenvalue weighted by atomic mass is 16.4. The quantitative estimate of drug-likeness (QED) is 0.699. The molecule has 1 fully saturated rings. The zero-order valence-corrected chi connectivity index (χ0v) is 12.5. The first-order chi connectivity index (χ1) is 9.84. The minimum Gasteiger partial charge on any atom is -0.480 e. The Morgan fingerprint density at radius 3 is 2.33 bits per heavy atom. The van der Waals surface area contributed by atoms with Crippen molar-refractivity contribution in [2.24, 2.45) is 0 Å². The fourth-order valence-electron chi connectivity index (χ4n) is 2.67. The van der Waals surface area contributed by atoms with Crippen LogP contribution in [0.25, 0.3) is 0 Å². The first-order valence-corrected chi connectivity index (χ1v) is 7.26. The summed E-state index contributed by atoms with van der Waals surface area (Å²) in [5.41, 5.74) is 5.42. The normalized spacial score (nSPS) is 18.6. The Hall–Kier alpha value is -2.04. The third-order valence-electron chi connectivity index (χ3n) is 4.26.